The molecular weight excluding hydrogens is 404 g/mol. The minimum absolute atomic E-state index is 0.0346. The molecule has 0 saturated heterocycles. The molecule has 1 aliphatic carbocycles. The molecule has 8 nitrogen and oxygen atoms in total. The fourth-order valence-electron chi connectivity index (χ4n) is 2.69. The van der Waals surface area contributed by atoms with E-state index >= 15 is 0 Å². The van der Waals surface area contributed by atoms with Crippen LogP contribution in [0.1, 0.15) is 15.4 Å². The Morgan fingerprint density at radius 1 is 0.900 bits per heavy atom. The number of aromatic nitrogens is 2. The summed E-state index contributed by atoms with van der Waals surface area (Å²) in [4.78, 5) is 37.2. The zero-order valence-corrected chi connectivity index (χ0v) is 16.1. The fraction of sp³-hybridized carbons (Fsp3) is 0. The van der Waals surface area contributed by atoms with Gasteiger partial charge in [-0.05, 0) is 24.3 Å². The molecule has 1 amide bonds. The van der Waals surface area contributed by atoms with Crippen LogP contribution in [-0.4, -0.2) is 32.8 Å². The number of hydrogen-bond donors (Lipinski definition) is 3. The first-order valence-corrected chi connectivity index (χ1v) is 9.60. The normalized spacial score (nSPS) is 13.5. The van der Waals surface area contributed by atoms with Crippen molar-refractivity contribution in [2.45, 2.75) is 0 Å². The van der Waals surface area contributed by atoms with Crippen LogP contribution >= 0.6 is 11.3 Å². The Balaban J connectivity index is 1.49. The number of carbonyl (C=O) groups is 3. The second kappa shape index (κ2) is 8.10. The molecule has 0 atom stereocenters. The molecule has 2 aromatic carbocycles. The number of ketones is 2. The van der Waals surface area contributed by atoms with Crippen LogP contribution in [-0.2, 0) is 9.59 Å². The first-order valence-electron chi connectivity index (χ1n) is 8.78. The molecule has 1 aliphatic rings. The molecule has 148 valence electrons. The Kier molecular flexibility index (Phi) is 5.19. The van der Waals surface area contributed by atoms with Gasteiger partial charge in [-0.2, -0.15) is 0 Å². The summed E-state index contributed by atoms with van der Waals surface area (Å²) in [5, 5.41) is 23.4. The first-order chi connectivity index (χ1) is 14.5. The molecule has 0 radical (unpaired) electrons. The van der Waals surface area contributed by atoms with Gasteiger partial charge in [0.25, 0.3) is 5.91 Å². The van der Waals surface area contributed by atoms with E-state index in [0.29, 0.717) is 11.3 Å². The summed E-state index contributed by atoms with van der Waals surface area (Å²) >= 11 is 0.991. The van der Waals surface area contributed by atoms with Gasteiger partial charge >= 0.3 is 0 Å². The Morgan fingerprint density at radius 3 is 2.40 bits per heavy atom. The SMILES string of the molecule is O=C1C=C(c2nnc(NC(=O)c3ccccc3)s2)C(=O)C=C1Nc1ccccc1O. The fourth-order valence-corrected chi connectivity index (χ4v) is 3.45. The van der Waals surface area contributed by atoms with Crippen molar-refractivity contribution >= 4 is 45.2 Å². The summed E-state index contributed by atoms with van der Waals surface area (Å²) in [7, 11) is 0. The highest BCUT2D eigenvalue weighted by Crippen LogP contribution is 2.29. The van der Waals surface area contributed by atoms with Crippen molar-refractivity contribution in [2.75, 3.05) is 10.6 Å². The van der Waals surface area contributed by atoms with Crippen LogP contribution in [0.3, 0.4) is 0 Å². The Labute approximate surface area is 174 Å². The van der Waals surface area contributed by atoms with Crippen LogP contribution in [0.15, 0.2) is 72.4 Å². The number of aromatic hydroxyl groups is 1. The number of nitrogens with one attached hydrogen (secondary N) is 2. The lowest BCUT2D eigenvalue weighted by Gasteiger charge is -2.13. The molecule has 9 heteroatoms. The average Bonchev–Trinajstić information content (AvgIpc) is 3.21. The van der Waals surface area contributed by atoms with E-state index in [1.165, 1.54) is 6.07 Å². The molecule has 0 fully saturated rings. The summed E-state index contributed by atoms with van der Waals surface area (Å²) in [6.07, 6.45) is 2.31. The van der Waals surface area contributed by atoms with E-state index < -0.39 is 11.6 Å². The highest BCUT2D eigenvalue weighted by molar-refractivity contribution is 7.16. The molecule has 0 saturated carbocycles. The highest BCUT2D eigenvalue weighted by atomic mass is 32.1. The molecule has 4 rings (SSSR count). The maximum Gasteiger partial charge on any atom is 0.257 e. The van der Waals surface area contributed by atoms with E-state index in [-0.39, 0.29) is 33.1 Å². The molecular formula is C21H14N4O4S. The van der Waals surface area contributed by atoms with Gasteiger partial charge in [-0.25, -0.2) is 0 Å². The number of rotatable bonds is 5. The Hall–Kier alpha value is -4.11. The molecule has 0 aliphatic heterocycles. The van der Waals surface area contributed by atoms with Crippen molar-refractivity contribution < 1.29 is 19.5 Å². The molecule has 30 heavy (non-hydrogen) atoms. The number of anilines is 2. The summed E-state index contributed by atoms with van der Waals surface area (Å²) in [6, 6.07) is 15.0. The lowest BCUT2D eigenvalue weighted by Crippen LogP contribution is -2.17. The quantitative estimate of drug-likeness (QED) is 0.430. The number of para-hydroxylation sites is 2. The van der Waals surface area contributed by atoms with Crippen LogP contribution in [0.2, 0.25) is 0 Å². The standard InChI is InChI=1S/C21H14N4O4S/c26-16-9-5-4-8-14(16)22-15-11-17(27)13(10-18(15)28)20-24-25-21(30-20)23-19(29)12-6-2-1-3-7-12/h1-11,22,26H,(H,23,25,29). The van der Waals surface area contributed by atoms with E-state index in [0.717, 1.165) is 23.5 Å². The predicted molar refractivity (Wildman–Crippen MR) is 112 cm³/mol. The maximum atomic E-state index is 12.5. The van der Waals surface area contributed by atoms with Crippen molar-refractivity contribution in [3.8, 4) is 5.75 Å². The lowest BCUT2D eigenvalue weighted by molar-refractivity contribution is -0.113. The molecule has 0 unspecified atom stereocenters. The van der Waals surface area contributed by atoms with Crippen LogP contribution in [0.25, 0.3) is 5.57 Å². The van der Waals surface area contributed by atoms with Gasteiger partial charge in [-0.3, -0.25) is 19.7 Å². The van der Waals surface area contributed by atoms with Gasteiger partial charge in [-0.15, -0.1) is 10.2 Å². The van der Waals surface area contributed by atoms with Crippen molar-refractivity contribution in [3.05, 3.63) is 83.0 Å². The molecule has 3 N–H and O–H groups in total. The number of hydrogen-bond acceptors (Lipinski definition) is 8. The van der Waals surface area contributed by atoms with E-state index in [1.54, 1.807) is 48.5 Å². The highest BCUT2D eigenvalue weighted by Gasteiger charge is 2.25. The number of phenols is 1. The van der Waals surface area contributed by atoms with E-state index in [1.807, 2.05) is 0 Å². The van der Waals surface area contributed by atoms with Gasteiger partial charge in [0.15, 0.2) is 10.8 Å². The summed E-state index contributed by atoms with van der Waals surface area (Å²) in [5.74, 6) is -1.29. The minimum atomic E-state index is -0.446. The lowest BCUT2D eigenvalue weighted by atomic mass is 10.0. The van der Waals surface area contributed by atoms with Gasteiger partial charge in [0.05, 0.1) is 17.0 Å². The van der Waals surface area contributed by atoms with E-state index in [9.17, 15) is 19.5 Å². The number of allylic oxidation sites excluding steroid dienone is 3. The van der Waals surface area contributed by atoms with Crippen molar-refractivity contribution in [2.24, 2.45) is 0 Å². The average molecular weight is 418 g/mol. The van der Waals surface area contributed by atoms with Gasteiger partial charge in [0, 0.05) is 17.7 Å². The maximum absolute atomic E-state index is 12.5. The van der Waals surface area contributed by atoms with Crippen molar-refractivity contribution in [1.82, 2.24) is 10.2 Å². The molecule has 3 aromatic rings. The Bertz CT molecular complexity index is 1210. The zero-order valence-electron chi connectivity index (χ0n) is 15.3. The van der Waals surface area contributed by atoms with Crippen LogP contribution < -0.4 is 10.6 Å². The topological polar surface area (TPSA) is 121 Å². The van der Waals surface area contributed by atoms with Gasteiger partial charge in [0.1, 0.15) is 5.75 Å². The van der Waals surface area contributed by atoms with Gasteiger partial charge in [-0.1, -0.05) is 41.7 Å². The van der Waals surface area contributed by atoms with Gasteiger partial charge in [0.2, 0.25) is 10.9 Å². The number of phenolic OH excluding ortho intramolecular Hbond substituents is 1. The predicted octanol–water partition coefficient (Wildman–Crippen LogP) is 3.03. The van der Waals surface area contributed by atoms with E-state index in [4.69, 9.17) is 0 Å². The smallest absolute Gasteiger partial charge is 0.257 e. The number of carbonyl (C=O) groups excluding carboxylic acids is 3. The number of benzene rings is 2. The number of nitrogens with zero attached hydrogens (tertiary/aromatic N) is 2. The van der Waals surface area contributed by atoms with Gasteiger partial charge < -0.3 is 10.4 Å². The number of amides is 1. The van der Waals surface area contributed by atoms with Crippen LogP contribution in [0.4, 0.5) is 10.8 Å². The molecule has 1 heterocycles. The largest absolute Gasteiger partial charge is 0.506 e. The Morgan fingerprint density at radius 2 is 1.63 bits per heavy atom. The second-order valence-corrected chi connectivity index (χ2v) is 7.20. The minimum Gasteiger partial charge on any atom is -0.506 e. The molecule has 1 aromatic heterocycles. The van der Waals surface area contributed by atoms with Crippen LogP contribution in [0.5, 0.6) is 5.75 Å². The summed E-state index contributed by atoms with van der Waals surface area (Å²) in [6.45, 7) is 0. The van der Waals surface area contributed by atoms with Crippen molar-refractivity contribution in [3.63, 3.8) is 0 Å². The molecule has 0 bridgehead atoms. The first kappa shape index (κ1) is 19.2. The van der Waals surface area contributed by atoms with Crippen molar-refractivity contribution in [1.29, 1.82) is 0 Å². The molecule has 0 spiro atoms. The van der Waals surface area contributed by atoms with E-state index in [2.05, 4.69) is 20.8 Å². The third-order valence-corrected chi connectivity index (χ3v) is 5.04. The summed E-state index contributed by atoms with van der Waals surface area (Å²) < 4.78 is 0. The third-order valence-electron chi connectivity index (χ3n) is 4.17. The zero-order chi connectivity index (χ0) is 21.1. The monoisotopic (exact) mass is 418 g/mol. The summed E-state index contributed by atoms with van der Waals surface area (Å²) in [5.41, 5.74) is 0.886. The van der Waals surface area contributed by atoms with Crippen LogP contribution in [0, 0.1) is 0 Å². The second-order valence-electron chi connectivity index (χ2n) is 6.22. The third kappa shape index (κ3) is 4.01.